The zero-order valence-electron chi connectivity index (χ0n) is 16.8. The van der Waals surface area contributed by atoms with Crippen LogP contribution in [-0.4, -0.2) is 36.5 Å². The molecule has 1 heterocycles. The summed E-state index contributed by atoms with van der Waals surface area (Å²) in [6.07, 6.45) is 3.05. The minimum Gasteiger partial charge on any atom is -0.462 e. The van der Waals surface area contributed by atoms with Crippen molar-refractivity contribution in [1.29, 1.82) is 0 Å². The smallest absolute Gasteiger partial charge is 0.349 e. The Morgan fingerprint density at radius 1 is 1.10 bits per heavy atom. The minimum atomic E-state index is -0.567. The molecule has 0 fully saturated rings. The first-order chi connectivity index (χ1) is 14.0. The lowest BCUT2D eigenvalue weighted by Crippen LogP contribution is -2.14. The van der Waals surface area contributed by atoms with Gasteiger partial charge in [0.15, 0.2) is 0 Å². The molecule has 1 aromatic carbocycles. The van der Waals surface area contributed by atoms with E-state index in [1.165, 1.54) is 0 Å². The molecule has 29 heavy (non-hydrogen) atoms. The number of amides is 1. The zero-order chi connectivity index (χ0) is 21.2. The van der Waals surface area contributed by atoms with E-state index in [4.69, 9.17) is 9.47 Å². The summed E-state index contributed by atoms with van der Waals surface area (Å²) >= 11 is 2.70. The second-order valence-corrected chi connectivity index (χ2v) is 8.19. The molecule has 2 rings (SSSR count). The molecule has 0 aliphatic heterocycles. The molecule has 0 bridgehead atoms. The molecule has 0 radical (unpaired) electrons. The Labute approximate surface area is 179 Å². The number of carbonyl (C=O) groups excluding carboxylic acids is 3. The van der Waals surface area contributed by atoms with Gasteiger partial charge >= 0.3 is 11.9 Å². The van der Waals surface area contributed by atoms with Gasteiger partial charge in [-0.3, -0.25) is 4.79 Å². The van der Waals surface area contributed by atoms with Gasteiger partial charge < -0.3 is 14.8 Å². The van der Waals surface area contributed by atoms with Crippen molar-refractivity contribution >= 4 is 45.9 Å². The summed E-state index contributed by atoms with van der Waals surface area (Å²) in [5.74, 6) is -0.429. The second kappa shape index (κ2) is 11.6. The molecule has 0 saturated carbocycles. The number of ether oxygens (including phenoxy) is 2. The summed E-state index contributed by atoms with van der Waals surface area (Å²) in [6.45, 7) is 3.69. The van der Waals surface area contributed by atoms with Crippen LogP contribution in [0.2, 0.25) is 0 Å². The summed E-state index contributed by atoms with van der Waals surface area (Å²) in [4.78, 5) is 37.5. The molecule has 2 aromatic rings. The van der Waals surface area contributed by atoms with Crippen LogP contribution < -0.4 is 5.32 Å². The molecule has 0 saturated heterocycles. The van der Waals surface area contributed by atoms with Crippen molar-refractivity contribution in [2.45, 2.75) is 33.3 Å². The van der Waals surface area contributed by atoms with Crippen molar-refractivity contribution in [2.24, 2.45) is 0 Å². The molecule has 0 atom stereocenters. The summed E-state index contributed by atoms with van der Waals surface area (Å²) in [7, 11) is 0. The van der Waals surface area contributed by atoms with E-state index in [9.17, 15) is 14.4 Å². The van der Waals surface area contributed by atoms with Crippen molar-refractivity contribution in [2.75, 3.05) is 23.9 Å². The number of anilines is 1. The van der Waals surface area contributed by atoms with Crippen LogP contribution in [0.15, 0.2) is 30.3 Å². The SMILES string of the molecule is CCOC(=O)c1c(NC(=O)CCCSC)sc(C(=O)OCc2ccccc2)c1C. The number of carbonyl (C=O) groups is 3. The highest BCUT2D eigenvalue weighted by atomic mass is 32.2. The molecule has 0 aliphatic rings. The summed E-state index contributed by atoms with van der Waals surface area (Å²) < 4.78 is 10.5. The van der Waals surface area contributed by atoms with Gasteiger partial charge in [-0.1, -0.05) is 30.3 Å². The summed E-state index contributed by atoms with van der Waals surface area (Å²) in [6, 6.07) is 9.33. The first kappa shape index (κ1) is 23.0. The molecule has 6 nitrogen and oxygen atoms in total. The maximum absolute atomic E-state index is 12.6. The maximum atomic E-state index is 12.6. The average Bonchev–Trinajstić information content (AvgIpc) is 3.03. The monoisotopic (exact) mass is 435 g/mol. The van der Waals surface area contributed by atoms with E-state index >= 15 is 0 Å². The Bertz CT molecular complexity index is 848. The van der Waals surface area contributed by atoms with Gasteiger partial charge in [0.2, 0.25) is 5.91 Å². The van der Waals surface area contributed by atoms with Gasteiger partial charge in [0.05, 0.1) is 12.2 Å². The fourth-order valence-corrected chi connectivity index (χ4v) is 4.14. The van der Waals surface area contributed by atoms with Gasteiger partial charge in [-0.2, -0.15) is 11.8 Å². The normalized spacial score (nSPS) is 10.4. The van der Waals surface area contributed by atoms with Gasteiger partial charge in [0.25, 0.3) is 0 Å². The Morgan fingerprint density at radius 3 is 2.48 bits per heavy atom. The number of hydrogen-bond donors (Lipinski definition) is 1. The maximum Gasteiger partial charge on any atom is 0.349 e. The van der Waals surface area contributed by atoms with Crippen LogP contribution in [0.3, 0.4) is 0 Å². The molecule has 1 N–H and O–H groups in total. The molecular formula is C21H25NO5S2. The Balaban J connectivity index is 2.20. The third-order valence-corrected chi connectivity index (χ3v) is 5.91. The molecule has 0 spiro atoms. The number of hydrogen-bond acceptors (Lipinski definition) is 7. The number of rotatable bonds is 10. The molecule has 8 heteroatoms. The number of esters is 2. The van der Waals surface area contributed by atoms with Gasteiger partial charge in [-0.05, 0) is 43.4 Å². The highest BCUT2D eigenvalue weighted by molar-refractivity contribution is 7.98. The van der Waals surface area contributed by atoms with Crippen molar-refractivity contribution in [1.82, 2.24) is 0 Å². The molecule has 0 unspecified atom stereocenters. The predicted molar refractivity (Wildman–Crippen MR) is 117 cm³/mol. The lowest BCUT2D eigenvalue weighted by Gasteiger charge is -2.07. The van der Waals surface area contributed by atoms with Gasteiger partial charge in [-0.25, -0.2) is 9.59 Å². The molecule has 1 amide bonds. The molecule has 1 aromatic heterocycles. The molecule has 156 valence electrons. The van der Waals surface area contributed by atoms with Crippen molar-refractivity contribution in [3.63, 3.8) is 0 Å². The van der Waals surface area contributed by atoms with Crippen LogP contribution in [0.4, 0.5) is 5.00 Å². The van der Waals surface area contributed by atoms with Crippen LogP contribution in [0.25, 0.3) is 0 Å². The first-order valence-corrected chi connectivity index (χ1v) is 11.5. The molecule has 0 aliphatic carbocycles. The fourth-order valence-electron chi connectivity index (χ4n) is 2.60. The third-order valence-electron chi connectivity index (χ3n) is 4.03. The highest BCUT2D eigenvalue weighted by Gasteiger charge is 2.27. The molecular weight excluding hydrogens is 410 g/mol. The van der Waals surface area contributed by atoms with E-state index in [2.05, 4.69) is 5.32 Å². The Morgan fingerprint density at radius 2 is 1.83 bits per heavy atom. The quantitative estimate of drug-likeness (QED) is 0.431. The minimum absolute atomic E-state index is 0.127. The van der Waals surface area contributed by atoms with Gasteiger partial charge in [0, 0.05) is 6.42 Å². The number of thioether (sulfide) groups is 1. The zero-order valence-corrected chi connectivity index (χ0v) is 18.4. The number of benzene rings is 1. The van der Waals surface area contributed by atoms with E-state index in [0.29, 0.717) is 17.0 Å². The van der Waals surface area contributed by atoms with Crippen LogP contribution in [-0.2, 0) is 20.9 Å². The largest absolute Gasteiger partial charge is 0.462 e. The van der Waals surface area contributed by atoms with Crippen LogP contribution in [0.5, 0.6) is 0 Å². The summed E-state index contributed by atoms with van der Waals surface area (Å²) in [5.41, 5.74) is 1.52. The summed E-state index contributed by atoms with van der Waals surface area (Å²) in [5, 5.41) is 3.08. The van der Waals surface area contributed by atoms with E-state index in [0.717, 1.165) is 29.1 Å². The number of thiophene rings is 1. The predicted octanol–water partition coefficient (Wildman–Crippen LogP) is 4.67. The van der Waals surface area contributed by atoms with Crippen molar-refractivity contribution < 1.29 is 23.9 Å². The van der Waals surface area contributed by atoms with Crippen LogP contribution in [0, 0.1) is 6.92 Å². The van der Waals surface area contributed by atoms with E-state index in [1.807, 2.05) is 36.6 Å². The number of nitrogens with one attached hydrogen (secondary N) is 1. The second-order valence-electron chi connectivity index (χ2n) is 6.19. The van der Waals surface area contributed by atoms with Gasteiger partial charge in [0.1, 0.15) is 16.5 Å². The lowest BCUT2D eigenvalue weighted by atomic mass is 10.1. The Hall–Kier alpha value is -2.32. The Kier molecular flexibility index (Phi) is 9.21. The highest BCUT2D eigenvalue weighted by Crippen LogP contribution is 2.34. The first-order valence-electron chi connectivity index (χ1n) is 9.28. The topological polar surface area (TPSA) is 81.7 Å². The van der Waals surface area contributed by atoms with Crippen LogP contribution in [0.1, 0.15) is 50.9 Å². The average molecular weight is 436 g/mol. The fraction of sp³-hybridized carbons (Fsp3) is 0.381. The van der Waals surface area contributed by atoms with E-state index in [-0.39, 0.29) is 29.6 Å². The van der Waals surface area contributed by atoms with Crippen molar-refractivity contribution in [3.8, 4) is 0 Å². The van der Waals surface area contributed by atoms with Crippen molar-refractivity contribution in [3.05, 3.63) is 51.9 Å². The third kappa shape index (κ3) is 6.61. The van der Waals surface area contributed by atoms with E-state index in [1.54, 1.807) is 25.6 Å². The van der Waals surface area contributed by atoms with Crippen LogP contribution >= 0.6 is 23.1 Å². The standard InChI is InChI=1S/C21H25NO5S2/c1-4-26-20(24)17-14(2)18(21(25)27-13-15-9-6-5-7-10-15)29-19(17)22-16(23)11-8-12-28-3/h5-7,9-10H,4,8,11-13H2,1-3H3,(H,22,23). The lowest BCUT2D eigenvalue weighted by molar-refractivity contribution is -0.116. The van der Waals surface area contributed by atoms with Gasteiger partial charge in [-0.15, -0.1) is 11.3 Å². The van der Waals surface area contributed by atoms with E-state index < -0.39 is 11.9 Å².